The van der Waals surface area contributed by atoms with Crippen molar-refractivity contribution in [3.8, 4) is 5.75 Å². The van der Waals surface area contributed by atoms with Crippen molar-refractivity contribution in [2.24, 2.45) is 28.1 Å². The number of phenols is 1. The maximum absolute atomic E-state index is 15.1. The molecule has 0 radical (unpaired) electrons. The van der Waals surface area contributed by atoms with Gasteiger partial charge in [0.2, 0.25) is 76.8 Å². The number of primary amides is 1. The van der Waals surface area contributed by atoms with Crippen LogP contribution in [0.2, 0.25) is 5.02 Å². The Kier molecular flexibility index (Phi) is 30.4. The van der Waals surface area contributed by atoms with Crippen LogP contribution in [0.4, 0.5) is 0 Å². The quantitative estimate of drug-likeness (QED) is 0.0166. The predicted octanol–water partition coefficient (Wildman–Crippen LogP) is -2.00. The SMILES string of the molecule is CC(=O)NC1CCCNC(=O)CCNC(=O)CC(C(=O)N[C@@H](CO)C(=O)N[C@@H](Cc2ccc(O)cc2)C(=O)NC(Cc2ccc3ccccc3c2)C(=O)N[C@H](CC(C)C)C(=O)N[C@@H](CCCN=C(N)N)C(=O)N2CCC[C@@H]2C(=O)NC(C)C(N)=O)NC(=O)[C@@H](Cc2ccc(Cl)cc2)NC1=O. The van der Waals surface area contributed by atoms with Gasteiger partial charge in [-0.3, -0.25) is 67.3 Å². The smallest absolute Gasteiger partial charge is 0.245 e. The second-order valence-corrected chi connectivity index (χ2v) is 25.6. The average Bonchev–Trinajstić information content (AvgIpc) is 1.51. The number of likely N-dealkylation sites (tertiary alicyclic amines) is 1. The molecule has 540 valence electrons. The number of aromatic hydroxyl groups is 1. The van der Waals surface area contributed by atoms with Gasteiger partial charge in [-0.05, 0) is 110 Å². The fourth-order valence-corrected chi connectivity index (χ4v) is 11.4. The van der Waals surface area contributed by atoms with Gasteiger partial charge < -0.3 is 90.8 Å². The summed E-state index contributed by atoms with van der Waals surface area (Å²) in [7, 11) is 0. The maximum atomic E-state index is 15.1. The molecule has 100 heavy (non-hydrogen) atoms. The first-order valence-corrected chi connectivity index (χ1v) is 33.4. The van der Waals surface area contributed by atoms with Gasteiger partial charge in [0.1, 0.15) is 66.2 Å². The third-order valence-electron chi connectivity index (χ3n) is 16.6. The summed E-state index contributed by atoms with van der Waals surface area (Å²) < 4.78 is 0. The van der Waals surface area contributed by atoms with E-state index in [0.717, 1.165) is 10.8 Å². The Morgan fingerprint density at radius 1 is 0.650 bits per heavy atom. The van der Waals surface area contributed by atoms with E-state index in [4.69, 9.17) is 28.8 Å². The molecule has 19 N–H and O–H groups in total. The molecule has 4 unspecified atom stereocenters. The number of nitrogens with two attached hydrogens (primary N) is 3. The van der Waals surface area contributed by atoms with Crippen LogP contribution in [0.3, 0.4) is 0 Å². The molecular formula is C68H91ClN16O15. The van der Waals surface area contributed by atoms with E-state index in [9.17, 15) is 63.0 Å². The van der Waals surface area contributed by atoms with Crippen LogP contribution in [-0.2, 0) is 81.6 Å². The Balaban J connectivity index is 1.30. The summed E-state index contributed by atoms with van der Waals surface area (Å²) in [6, 6.07) is 10.0. The lowest BCUT2D eigenvalue weighted by atomic mass is 9.98. The van der Waals surface area contributed by atoms with Crippen molar-refractivity contribution < 1.29 is 72.5 Å². The topological polar surface area (TPSA) is 488 Å². The number of aliphatic hydroxyl groups is 1. The van der Waals surface area contributed by atoms with Crippen LogP contribution < -0.4 is 75.7 Å². The Hall–Kier alpha value is -10.4. The molecule has 4 aromatic rings. The minimum absolute atomic E-state index is 0.00841. The monoisotopic (exact) mass is 1410 g/mol. The molecule has 2 aliphatic heterocycles. The van der Waals surface area contributed by atoms with Crippen molar-refractivity contribution in [1.29, 1.82) is 0 Å². The van der Waals surface area contributed by atoms with Crippen LogP contribution in [0.25, 0.3) is 10.8 Å². The van der Waals surface area contributed by atoms with Crippen LogP contribution in [0, 0.1) is 5.92 Å². The normalized spacial score (nSPS) is 18.8. The Labute approximate surface area is 583 Å². The number of rotatable bonds is 28. The molecule has 2 heterocycles. The van der Waals surface area contributed by atoms with Gasteiger partial charge in [0.15, 0.2) is 5.96 Å². The van der Waals surface area contributed by atoms with Crippen LogP contribution in [0.15, 0.2) is 96.0 Å². The largest absolute Gasteiger partial charge is 0.508 e. The predicted molar refractivity (Wildman–Crippen MR) is 368 cm³/mol. The number of carbonyl (C=O) groups is 13. The average molecular weight is 1410 g/mol. The molecule has 0 bridgehead atoms. The Bertz CT molecular complexity index is 3610. The molecule has 0 spiro atoms. The summed E-state index contributed by atoms with van der Waals surface area (Å²) in [5.41, 5.74) is 17.9. The first kappa shape index (κ1) is 78.6. The van der Waals surface area contributed by atoms with Crippen molar-refractivity contribution in [1.82, 2.24) is 63.4 Å². The van der Waals surface area contributed by atoms with Crippen molar-refractivity contribution >= 4 is 105 Å². The molecule has 2 saturated heterocycles. The van der Waals surface area contributed by atoms with Gasteiger partial charge in [-0.15, -0.1) is 0 Å². The summed E-state index contributed by atoms with van der Waals surface area (Å²) in [6.07, 6.45) is -0.795. The van der Waals surface area contributed by atoms with Crippen molar-refractivity contribution in [2.45, 2.75) is 165 Å². The van der Waals surface area contributed by atoms with E-state index in [1.807, 2.05) is 24.3 Å². The molecule has 6 rings (SSSR count). The highest BCUT2D eigenvalue weighted by Gasteiger charge is 2.40. The number of fused-ring (bicyclic) bond motifs is 1. The number of hydrogen-bond acceptors (Lipinski definition) is 16. The highest BCUT2D eigenvalue weighted by Crippen LogP contribution is 2.22. The van der Waals surface area contributed by atoms with Crippen LogP contribution in [-0.4, -0.2) is 191 Å². The van der Waals surface area contributed by atoms with E-state index in [1.165, 1.54) is 55.1 Å². The number of nitrogens with one attached hydrogen (secondary N) is 11. The summed E-state index contributed by atoms with van der Waals surface area (Å²) in [6.45, 7) is 5.06. The van der Waals surface area contributed by atoms with Crippen LogP contribution >= 0.6 is 11.6 Å². The van der Waals surface area contributed by atoms with E-state index >= 15 is 9.59 Å². The molecule has 2 aliphatic rings. The number of carbonyl (C=O) groups excluding carboxylic acids is 13. The minimum atomic E-state index is -1.94. The number of phenolic OH excluding ortho intramolecular Hbond substituents is 1. The molecule has 2 fully saturated rings. The Morgan fingerprint density at radius 2 is 1.25 bits per heavy atom. The number of nitrogens with zero attached hydrogens (tertiary/aromatic N) is 2. The second-order valence-electron chi connectivity index (χ2n) is 25.1. The summed E-state index contributed by atoms with van der Waals surface area (Å²) in [5.74, 6) is -11.5. The van der Waals surface area contributed by atoms with E-state index < -0.39 is 150 Å². The molecule has 32 heteroatoms. The molecule has 13 amide bonds. The molecule has 0 aromatic heterocycles. The zero-order valence-electron chi connectivity index (χ0n) is 56.2. The zero-order chi connectivity index (χ0) is 73.2. The first-order chi connectivity index (χ1) is 47.6. The van der Waals surface area contributed by atoms with Crippen molar-refractivity contribution in [3.63, 3.8) is 0 Å². The fraction of sp³-hybridized carbons (Fsp3) is 0.471. The number of amides is 13. The minimum Gasteiger partial charge on any atom is -0.508 e. The number of guanidine groups is 1. The lowest BCUT2D eigenvalue weighted by Gasteiger charge is -2.31. The molecular weight excluding hydrogens is 1320 g/mol. The van der Waals surface area contributed by atoms with E-state index in [0.29, 0.717) is 28.1 Å². The van der Waals surface area contributed by atoms with Crippen molar-refractivity contribution in [2.75, 3.05) is 32.8 Å². The van der Waals surface area contributed by atoms with Gasteiger partial charge in [0.25, 0.3) is 0 Å². The maximum Gasteiger partial charge on any atom is 0.245 e. The molecule has 0 saturated carbocycles. The van der Waals surface area contributed by atoms with Gasteiger partial charge in [-0.2, -0.15) is 0 Å². The first-order valence-electron chi connectivity index (χ1n) is 33.1. The number of aliphatic hydroxyl groups excluding tert-OH is 1. The summed E-state index contributed by atoms with van der Waals surface area (Å²) in [4.78, 5) is 186. The van der Waals surface area contributed by atoms with Gasteiger partial charge >= 0.3 is 0 Å². The zero-order valence-corrected chi connectivity index (χ0v) is 57.0. The van der Waals surface area contributed by atoms with Crippen LogP contribution in [0.1, 0.15) is 102 Å². The number of hydrogen-bond donors (Lipinski definition) is 16. The lowest BCUT2D eigenvalue weighted by molar-refractivity contribution is -0.142. The van der Waals surface area contributed by atoms with Gasteiger partial charge in [-0.1, -0.05) is 92.2 Å². The molecule has 0 aliphatic carbocycles. The molecule has 10 atom stereocenters. The van der Waals surface area contributed by atoms with Gasteiger partial charge in [0, 0.05) is 63.8 Å². The van der Waals surface area contributed by atoms with E-state index in [1.54, 1.807) is 44.2 Å². The molecule has 31 nitrogen and oxygen atoms in total. The van der Waals surface area contributed by atoms with Crippen molar-refractivity contribution in [3.05, 3.63) is 113 Å². The van der Waals surface area contributed by atoms with Crippen LogP contribution in [0.5, 0.6) is 5.75 Å². The Morgan fingerprint density at radius 3 is 1.89 bits per heavy atom. The second kappa shape index (κ2) is 38.6. The third-order valence-corrected chi connectivity index (χ3v) is 16.9. The van der Waals surface area contributed by atoms with E-state index in [2.05, 4.69) is 63.5 Å². The fourth-order valence-electron chi connectivity index (χ4n) is 11.3. The third kappa shape index (κ3) is 25.1. The lowest BCUT2D eigenvalue weighted by Crippen LogP contribution is -2.62. The standard InChI is InChI=1S/C68H91ClN16O15/c1-37(2)30-49(60(93)78-48(13-8-27-75-68(71)72)67(100)85-29-9-14-55(85)66(99)76-38(3)58(70)91)79-63(96)52(34-42-15-20-43-10-5-6-11-44(43)31-42)81-61(94)51(33-41-18-23-46(88)24-19-41)82-65(98)54(36-86)84-64(97)53-35-57(90)74-28-25-56(89)73-26-7-12-47(77-39(4)87)59(92)80-50(62(95)83-53)32-40-16-21-45(69)22-17-40/h5-6,10-11,15-24,31,37-38,47-55,86,88H,7-9,12-14,25-30,32-36H2,1-4H3,(H2,70,91)(H,73,89)(H,74,90)(H,76,99)(H,77,87)(H,78,93)(H,79,96)(H,80,92)(H,81,94)(H,82,98)(H,83,95)(H,84,97)(H4,71,72,75)/t38?,47?,48-,49+,50+,51-,52?,53?,54-,55+/m0/s1. The number of benzene rings is 4. The summed E-state index contributed by atoms with van der Waals surface area (Å²) in [5, 5.41) is 51.7. The number of aliphatic imine (C=N–C) groups is 1. The van der Waals surface area contributed by atoms with Gasteiger partial charge in [-0.25, -0.2) is 0 Å². The van der Waals surface area contributed by atoms with E-state index in [-0.39, 0.29) is 108 Å². The summed E-state index contributed by atoms with van der Waals surface area (Å²) >= 11 is 6.15. The highest BCUT2D eigenvalue weighted by atomic mass is 35.5. The number of halogens is 1. The molecule has 4 aromatic carbocycles. The van der Waals surface area contributed by atoms with Gasteiger partial charge in [0.05, 0.1) is 13.0 Å². The highest BCUT2D eigenvalue weighted by molar-refractivity contribution is 6.30.